The molecule has 277 valence electrons. The van der Waals surface area contributed by atoms with E-state index in [1.54, 1.807) is 0 Å². The van der Waals surface area contributed by atoms with Crippen molar-refractivity contribution >= 4 is 35.6 Å². The molecule has 0 aromatic carbocycles. The van der Waals surface area contributed by atoms with E-state index in [4.69, 9.17) is 22.9 Å². The van der Waals surface area contributed by atoms with Crippen LogP contribution in [0.2, 0.25) is 0 Å². The number of nitrogens with one attached hydrogen (secondary N) is 6. The molecular formula is C28H46CuN12O8. The molecule has 0 spiro atoms. The molecule has 2 heterocycles. The summed E-state index contributed by atoms with van der Waals surface area (Å²) in [7, 11) is 0. The molecule has 0 fully saturated rings. The Kier molecular flexibility index (Phi) is 23.3. The number of carbonyl (C=O) groups is 6. The first-order valence-corrected chi connectivity index (χ1v) is 15.3. The van der Waals surface area contributed by atoms with Crippen LogP contribution in [0.5, 0.6) is 0 Å². The average Bonchev–Trinajstić information content (AvgIpc) is 3.78. The molecule has 0 unspecified atom stereocenters. The Balaban J connectivity index is 0.000000922. The monoisotopic (exact) mass is 741 g/mol. The normalized spacial score (nSPS) is 12.8. The molecule has 0 saturated heterocycles. The SMILES string of the molecule is NCCCC[C@H](NC(=O)CN)C(=O)N[C@@H](Cc1cnc[nH]1)C(=O)[O-].NCCCC[C@H](NC(=O)CN)C(=O)N[C@@H](Cc1cnc[nH]1)C(=O)[O-].[Cu+2]. The standard InChI is InChI=1S/2C14H24N6O4.Cu/c2*15-4-2-1-3-10(19-12(21)6-16)13(22)20-11(14(23)24)5-9-7-17-8-18-9;/h2*7-8,10-11H,1-6,15-16H2,(H,17,18)(H,19,21)(H,20,22)(H,23,24);/q;;+2/p-2/t2*10-,11-;/m00./s1. The van der Waals surface area contributed by atoms with Crippen molar-refractivity contribution in [1.82, 2.24) is 41.2 Å². The fraction of sp³-hybridized carbons (Fsp3) is 0.571. The van der Waals surface area contributed by atoms with Crippen LogP contribution in [0.25, 0.3) is 0 Å². The molecule has 0 aliphatic carbocycles. The van der Waals surface area contributed by atoms with Gasteiger partial charge in [0, 0.05) is 36.6 Å². The molecule has 0 saturated carbocycles. The van der Waals surface area contributed by atoms with Crippen LogP contribution in [0, 0.1) is 0 Å². The van der Waals surface area contributed by atoms with Gasteiger partial charge in [-0.05, 0) is 51.6 Å². The second kappa shape index (κ2) is 25.6. The van der Waals surface area contributed by atoms with Gasteiger partial charge in [0.25, 0.3) is 0 Å². The van der Waals surface area contributed by atoms with E-state index in [1.807, 2.05) is 0 Å². The van der Waals surface area contributed by atoms with E-state index in [1.165, 1.54) is 25.0 Å². The summed E-state index contributed by atoms with van der Waals surface area (Å²) in [6, 6.07) is -4.25. The zero-order valence-corrected chi connectivity index (χ0v) is 27.8. The van der Waals surface area contributed by atoms with E-state index in [0.29, 0.717) is 63.0 Å². The van der Waals surface area contributed by atoms with Gasteiger partial charge in [0.05, 0.1) is 49.8 Å². The van der Waals surface area contributed by atoms with Gasteiger partial charge in [0.2, 0.25) is 23.6 Å². The van der Waals surface area contributed by atoms with Gasteiger partial charge in [0.15, 0.2) is 0 Å². The van der Waals surface area contributed by atoms with Crippen molar-refractivity contribution in [1.29, 1.82) is 0 Å². The Morgan fingerprint density at radius 2 is 0.980 bits per heavy atom. The number of hydrogen-bond acceptors (Lipinski definition) is 14. The molecule has 4 amide bonds. The fourth-order valence-electron chi connectivity index (χ4n) is 4.19. The number of H-pyrrole nitrogens is 2. The summed E-state index contributed by atoms with van der Waals surface area (Å²) >= 11 is 0. The van der Waals surface area contributed by atoms with Crippen molar-refractivity contribution in [2.24, 2.45) is 22.9 Å². The van der Waals surface area contributed by atoms with E-state index in [9.17, 15) is 39.0 Å². The van der Waals surface area contributed by atoms with E-state index >= 15 is 0 Å². The number of unbranched alkanes of at least 4 members (excludes halogenated alkanes) is 2. The number of aromatic nitrogens is 4. The van der Waals surface area contributed by atoms with Gasteiger partial charge in [-0.3, -0.25) is 19.2 Å². The van der Waals surface area contributed by atoms with Gasteiger partial charge in [-0.25, -0.2) is 9.97 Å². The first-order valence-electron chi connectivity index (χ1n) is 15.3. The second-order valence-electron chi connectivity index (χ2n) is 10.5. The Morgan fingerprint density at radius 3 is 1.24 bits per heavy atom. The van der Waals surface area contributed by atoms with E-state index in [2.05, 4.69) is 41.2 Å². The Morgan fingerprint density at radius 1 is 0.612 bits per heavy atom. The summed E-state index contributed by atoms with van der Waals surface area (Å²) in [6.07, 6.45) is 8.95. The number of carbonyl (C=O) groups excluding carboxylic acids is 6. The van der Waals surface area contributed by atoms with Crippen LogP contribution in [0.15, 0.2) is 25.0 Å². The van der Waals surface area contributed by atoms with Gasteiger partial charge in [-0.15, -0.1) is 0 Å². The van der Waals surface area contributed by atoms with E-state index in [-0.39, 0.29) is 43.0 Å². The summed E-state index contributed by atoms with van der Waals surface area (Å²) < 4.78 is 0. The number of carboxylic acid groups (broad SMARTS) is 2. The van der Waals surface area contributed by atoms with Crippen LogP contribution in [-0.4, -0.2) is 106 Å². The van der Waals surface area contributed by atoms with Gasteiger partial charge in [-0.2, -0.15) is 0 Å². The number of carboxylic acids is 2. The van der Waals surface area contributed by atoms with Crippen molar-refractivity contribution in [3.8, 4) is 0 Å². The van der Waals surface area contributed by atoms with Gasteiger partial charge >= 0.3 is 17.1 Å². The minimum absolute atomic E-state index is 0. The largest absolute Gasteiger partial charge is 2.00 e. The molecule has 2 aromatic heterocycles. The molecule has 14 N–H and O–H groups in total. The molecule has 0 bridgehead atoms. The number of aliphatic carboxylic acids is 2. The summed E-state index contributed by atoms with van der Waals surface area (Å²) in [5.41, 5.74) is 22.4. The van der Waals surface area contributed by atoms with Crippen molar-refractivity contribution in [3.63, 3.8) is 0 Å². The third-order valence-electron chi connectivity index (χ3n) is 6.73. The number of amides is 4. The van der Waals surface area contributed by atoms with Crippen LogP contribution in [0.1, 0.15) is 49.9 Å². The maximum absolute atomic E-state index is 12.3. The molecule has 0 aliphatic rings. The molecule has 2 aromatic rings. The fourth-order valence-corrected chi connectivity index (χ4v) is 4.19. The molecule has 49 heavy (non-hydrogen) atoms. The molecule has 4 atom stereocenters. The third kappa shape index (κ3) is 18.7. The van der Waals surface area contributed by atoms with Crippen LogP contribution in [0.3, 0.4) is 0 Å². The summed E-state index contributed by atoms with van der Waals surface area (Å²) in [5, 5.41) is 32.2. The number of aromatic amines is 2. The average molecular weight is 742 g/mol. The minimum atomic E-state index is -1.43. The molecule has 20 nitrogen and oxygen atoms in total. The molecular weight excluding hydrogens is 696 g/mol. The van der Waals surface area contributed by atoms with E-state index < -0.39 is 59.7 Å². The quantitative estimate of drug-likeness (QED) is 0.0396. The van der Waals surface area contributed by atoms with Gasteiger partial charge < -0.3 is 74.0 Å². The number of nitrogens with two attached hydrogens (primary N) is 4. The van der Waals surface area contributed by atoms with Crippen LogP contribution in [0.4, 0.5) is 0 Å². The zero-order chi connectivity index (χ0) is 35.9. The van der Waals surface area contributed by atoms with Crippen molar-refractivity contribution in [2.45, 2.75) is 75.5 Å². The molecule has 21 heteroatoms. The number of imidazole rings is 2. The number of nitrogens with zero attached hydrogens (tertiary/aromatic N) is 2. The number of rotatable bonds is 22. The number of hydrogen-bond donors (Lipinski definition) is 10. The van der Waals surface area contributed by atoms with Crippen LogP contribution < -0.4 is 54.4 Å². The van der Waals surface area contributed by atoms with Crippen molar-refractivity contribution in [3.05, 3.63) is 36.4 Å². The van der Waals surface area contributed by atoms with Crippen LogP contribution >= 0.6 is 0 Å². The van der Waals surface area contributed by atoms with E-state index in [0.717, 1.165) is 0 Å². The van der Waals surface area contributed by atoms with Gasteiger partial charge in [0.1, 0.15) is 12.1 Å². The van der Waals surface area contributed by atoms with Crippen LogP contribution in [-0.2, 0) is 58.7 Å². The smallest absolute Gasteiger partial charge is 0.548 e. The maximum atomic E-state index is 12.3. The first kappa shape index (κ1) is 44.6. The first-order chi connectivity index (χ1) is 22.9. The Labute approximate surface area is 293 Å². The topological polar surface area (TPSA) is 358 Å². The van der Waals surface area contributed by atoms with Crippen molar-refractivity contribution < 1.29 is 56.0 Å². The molecule has 2 rings (SSSR count). The zero-order valence-electron chi connectivity index (χ0n) is 26.9. The maximum Gasteiger partial charge on any atom is 2.00 e. The predicted molar refractivity (Wildman–Crippen MR) is 166 cm³/mol. The summed E-state index contributed by atoms with van der Waals surface area (Å²) in [4.78, 5) is 83.1. The second-order valence-corrected chi connectivity index (χ2v) is 10.5. The predicted octanol–water partition coefficient (Wildman–Crippen LogP) is -6.48. The van der Waals surface area contributed by atoms with Gasteiger partial charge in [-0.1, -0.05) is 0 Å². The Bertz CT molecular complexity index is 1170. The molecule has 1 radical (unpaired) electrons. The molecule has 0 aliphatic heterocycles. The summed E-state index contributed by atoms with van der Waals surface area (Å²) in [5.74, 6) is -5.07. The Hall–Kier alpha value is -4.40. The minimum Gasteiger partial charge on any atom is -0.548 e. The summed E-state index contributed by atoms with van der Waals surface area (Å²) in [6.45, 7) is 0.388. The van der Waals surface area contributed by atoms with Crippen molar-refractivity contribution in [2.75, 3.05) is 26.2 Å². The third-order valence-corrected chi connectivity index (χ3v) is 6.73.